The number of amides is 2. The number of nitrogens with one attached hydrogen (secondary N) is 2. The van der Waals surface area contributed by atoms with Crippen LogP contribution in [0.15, 0.2) is 40.9 Å². The molecule has 0 atom stereocenters. The maximum atomic E-state index is 12.0. The molecule has 1 saturated carbocycles. The molecule has 2 amide bonds. The van der Waals surface area contributed by atoms with Gasteiger partial charge in [0.25, 0.3) is 0 Å². The van der Waals surface area contributed by atoms with Gasteiger partial charge in [0, 0.05) is 18.0 Å². The zero-order chi connectivity index (χ0) is 17.7. The van der Waals surface area contributed by atoms with Gasteiger partial charge < -0.3 is 15.2 Å². The third kappa shape index (κ3) is 4.85. The number of hydrogen-bond donors (Lipinski definition) is 2. The zero-order valence-corrected chi connectivity index (χ0v) is 14.9. The van der Waals surface area contributed by atoms with Crippen molar-refractivity contribution in [2.24, 2.45) is 0 Å². The molecule has 0 unspecified atom stereocenters. The Labute approximate surface area is 150 Å². The normalized spacial score (nSPS) is 14.8. The van der Waals surface area contributed by atoms with Crippen molar-refractivity contribution < 1.29 is 14.1 Å². The fourth-order valence-electron chi connectivity index (χ4n) is 2.67. The van der Waals surface area contributed by atoms with E-state index in [0.717, 1.165) is 12.8 Å². The minimum absolute atomic E-state index is 0.0442. The molecule has 3 rings (SSSR count). The van der Waals surface area contributed by atoms with Crippen LogP contribution in [0, 0.1) is 6.92 Å². The van der Waals surface area contributed by atoms with E-state index in [9.17, 15) is 9.59 Å². The number of hydrogen-bond acceptors (Lipinski definition) is 5. The van der Waals surface area contributed by atoms with Gasteiger partial charge in [-0.3, -0.25) is 9.59 Å². The van der Waals surface area contributed by atoms with Gasteiger partial charge in [-0.2, -0.15) is 0 Å². The topological polar surface area (TPSA) is 84.2 Å². The van der Waals surface area contributed by atoms with E-state index >= 15 is 0 Å². The number of rotatable bonds is 8. The molecular formula is C18H21N3O3S. The number of aryl methyl sites for hydroxylation is 1. The van der Waals surface area contributed by atoms with Crippen LogP contribution in [0.4, 0.5) is 5.82 Å². The monoisotopic (exact) mass is 359 g/mol. The Kier molecular flexibility index (Phi) is 5.43. The maximum Gasteiger partial charge on any atom is 0.235 e. The molecule has 0 aliphatic heterocycles. The molecule has 0 saturated heterocycles. The summed E-state index contributed by atoms with van der Waals surface area (Å²) in [6.45, 7) is 2.41. The largest absolute Gasteiger partial charge is 0.360 e. The molecule has 132 valence electrons. The quantitative estimate of drug-likeness (QED) is 0.756. The molecule has 1 aliphatic rings. The minimum atomic E-state index is -0.200. The molecule has 7 heteroatoms. The molecule has 1 heterocycles. The Morgan fingerprint density at radius 2 is 1.92 bits per heavy atom. The molecule has 0 spiro atoms. The standard InChI is InChI=1S/C18H21N3O3S/c1-13-9-15(21-24-13)20-17(23)11-25-10-16(22)19-12-18(7-8-18)14-5-3-2-4-6-14/h2-6,9H,7-8,10-12H2,1H3,(H,19,22)(H,20,21,23). The van der Waals surface area contributed by atoms with Crippen LogP contribution in [0.1, 0.15) is 24.2 Å². The Hall–Kier alpha value is -2.28. The van der Waals surface area contributed by atoms with E-state index in [1.165, 1.54) is 17.3 Å². The highest BCUT2D eigenvalue weighted by molar-refractivity contribution is 8.00. The number of thioether (sulfide) groups is 1. The van der Waals surface area contributed by atoms with Gasteiger partial charge in [-0.25, -0.2) is 0 Å². The van der Waals surface area contributed by atoms with Crippen molar-refractivity contribution in [3.8, 4) is 0 Å². The number of benzene rings is 1. The summed E-state index contributed by atoms with van der Waals surface area (Å²) in [5.41, 5.74) is 1.38. The minimum Gasteiger partial charge on any atom is -0.360 e. The summed E-state index contributed by atoms with van der Waals surface area (Å²) < 4.78 is 4.88. The number of anilines is 1. The molecule has 0 radical (unpaired) electrons. The SMILES string of the molecule is Cc1cc(NC(=O)CSCC(=O)NCC2(c3ccccc3)CC2)no1. The average Bonchev–Trinajstić information content (AvgIpc) is 3.30. The van der Waals surface area contributed by atoms with Crippen molar-refractivity contribution in [2.75, 3.05) is 23.4 Å². The molecule has 1 fully saturated rings. The fourth-order valence-corrected chi connectivity index (χ4v) is 3.32. The summed E-state index contributed by atoms with van der Waals surface area (Å²) in [6, 6.07) is 11.9. The van der Waals surface area contributed by atoms with Gasteiger partial charge in [0.05, 0.1) is 11.5 Å². The van der Waals surface area contributed by atoms with Crippen molar-refractivity contribution in [3.05, 3.63) is 47.7 Å². The van der Waals surface area contributed by atoms with E-state index in [1.807, 2.05) is 18.2 Å². The van der Waals surface area contributed by atoms with Crippen LogP contribution in [-0.4, -0.2) is 35.0 Å². The summed E-state index contributed by atoms with van der Waals surface area (Å²) in [7, 11) is 0. The Morgan fingerprint density at radius 1 is 1.20 bits per heavy atom. The highest BCUT2D eigenvalue weighted by atomic mass is 32.2. The lowest BCUT2D eigenvalue weighted by molar-refractivity contribution is -0.118. The van der Waals surface area contributed by atoms with Crippen LogP contribution in [0.25, 0.3) is 0 Å². The average molecular weight is 359 g/mol. The van der Waals surface area contributed by atoms with Crippen LogP contribution in [0.2, 0.25) is 0 Å². The second kappa shape index (κ2) is 7.74. The Bertz CT molecular complexity index is 741. The predicted molar refractivity (Wildman–Crippen MR) is 97.6 cm³/mol. The van der Waals surface area contributed by atoms with Gasteiger partial charge in [-0.1, -0.05) is 35.5 Å². The summed E-state index contributed by atoms with van der Waals surface area (Å²) >= 11 is 1.28. The predicted octanol–water partition coefficient (Wildman–Crippen LogP) is 2.50. The van der Waals surface area contributed by atoms with E-state index in [0.29, 0.717) is 18.1 Å². The molecule has 1 aliphatic carbocycles. The first-order chi connectivity index (χ1) is 12.1. The number of carbonyl (C=O) groups is 2. The van der Waals surface area contributed by atoms with Gasteiger partial charge in [0.1, 0.15) is 5.76 Å². The first-order valence-electron chi connectivity index (χ1n) is 8.21. The summed E-state index contributed by atoms with van der Waals surface area (Å²) in [4.78, 5) is 23.8. The zero-order valence-electron chi connectivity index (χ0n) is 14.1. The third-order valence-electron chi connectivity index (χ3n) is 4.23. The first-order valence-corrected chi connectivity index (χ1v) is 9.36. The molecule has 25 heavy (non-hydrogen) atoms. The lowest BCUT2D eigenvalue weighted by Crippen LogP contribution is -2.33. The highest BCUT2D eigenvalue weighted by Crippen LogP contribution is 2.47. The van der Waals surface area contributed by atoms with E-state index in [-0.39, 0.29) is 28.7 Å². The third-order valence-corrected chi connectivity index (χ3v) is 5.16. The first kappa shape index (κ1) is 17.5. The Morgan fingerprint density at radius 3 is 2.56 bits per heavy atom. The van der Waals surface area contributed by atoms with Gasteiger partial charge in [0.15, 0.2) is 5.82 Å². The van der Waals surface area contributed by atoms with Gasteiger partial charge >= 0.3 is 0 Å². The van der Waals surface area contributed by atoms with E-state index < -0.39 is 0 Å². The van der Waals surface area contributed by atoms with Crippen molar-refractivity contribution in [2.45, 2.75) is 25.2 Å². The van der Waals surface area contributed by atoms with Crippen molar-refractivity contribution in [3.63, 3.8) is 0 Å². The second-order valence-electron chi connectivity index (χ2n) is 6.29. The van der Waals surface area contributed by atoms with Gasteiger partial charge in [0.2, 0.25) is 11.8 Å². The van der Waals surface area contributed by atoms with Crippen LogP contribution >= 0.6 is 11.8 Å². The molecular weight excluding hydrogens is 338 g/mol. The van der Waals surface area contributed by atoms with E-state index in [1.54, 1.807) is 13.0 Å². The van der Waals surface area contributed by atoms with Crippen LogP contribution in [0.3, 0.4) is 0 Å². The molecule has 1 aromatic carbocycles. The number of carbonyl (C=O) groups excluding carboxylic acids is 2. The van der Waals surface area contributed by atoms with Crippen molar-refractivity contribution in [1.82, 2.24) is 10.5 Å². The van der Waals surface area contributed by atoms with Crippen molar-refractivity contribution >= 4 is 29.4 Å². The summed E-state index contributed by atoms with van der Waals surface area (Å²) in [5.74, 6) is 1.24. The molecule has 2 aromatic rings. The number of aromatic nitrogens is 1. The van der Waals surface area contributed by atoms with E-state index in [2.05, 4.69) is 27.9 Å². The lowest BCUT2D eigenvalue weighted by Gasteiger charge is -2.16. The van der Waals surface area contributed by atoms with Crippen LogP contribution in [-0.2, 0) is 15.0 Å². The van der Waals surface area contributed by atoms with Crippen LogP contribution in [0.5, 0.6) is 0 Å². The molecule has 2 N–H and O–H groups in total. The molecule has 1 aromatic heterocycles. The molecule has 0 bridgehead atoms. The maximum absolute atomic E-state index is 12.0. The van der Waals surface area contributed by atoms with Crippen LogP contribution < -0.4 is 10.6 Å². The van der Waals surface area contributed by atoms with Gasteiger partial charge in [-0.15, -0.1) is 11.8 Å². The van der Waals surface area contributed by atoms with Crippen molar-refractivity contribution in [1.29, 1.82) is 0 Å². The smallest absolute Gasteiger partial charge is 0.235 e. The summed E-state index contributed by atoms with van der Waals surface area (Å²) in [5, 5.41) is 9.32. The lowest BCUT2D eigenvalue weighted by atomic mass is 9.96. The summed E-state index contributed by atoms with van der Waals surface area (Å²) in [6.07, 6.45) is 2.20. The molecule has 6 nitrogen and oxygen atoms in total. The van der Waals surface area contributed by atoms with E-state index in [4.69, 9.17) is 4.52 Å². The number of nitrogens with zero attached hydrogens (tertiary/aromatic N) is 1. The Balaban J connectivity index is 1.35. The highest BCUT2D eigenvalue weighted by Gasteiger charge is 2.44. The fraction of sp³-hybridized carbons (Fsp3) is 0.389. The van der Waals surface area contributed by atoms with Gasteiger partial charge in [-0.05, 0) is 25.3 Å². The second-order valence-corrected chi connectivity index (χ2v) is 7.27.